The minimum absolute atomic E-state index is 0.134. The predicted molar refractivity (Wildman–Crippen MR) is 61.0 cm³/mol. The fourth-order valence-electron chi connectivity index (χ4n) is 2.31. The summed E-state index contributed by atoms with van der Waals surface area (Å²) >= 11 is 0. The third kappa shape index (κ3) is 2.79. The van der Waals surface area contributed by atoms with E-state index in [4.69, 9.17) is 4.74 Å². The fourth-order valence-corrected chi connectivity index (χ4v) is 2.31. The molecule has 0 saturated heterocycles. The lowest BCUT2D eigenvalue weighted by molar-refractivity contribution is -0.135. The number of Topliss-reactive ketones (excluding diaryl/α,β-unsaturated/α-hetero) is 1. The van der Waals surface area contributed by atoms with Crippen molar-refractivity contribution in [2.45, 2.75) is 51.2 Å². The van der Waals surface area contributed by atoms with Gasteiger partial charge in [0.2, 0.25) is 0 Å². The Morgan fingerprint density at radius 2 is 1.87 bits per heavy atom. The predicted octanol–water partition coefficient (Wildman–Crippen LogP) is 1.85. The van der Waals surface area contributed by atoms with Crippen LogP contribution in [0.2, 0.25) is 0 Å². The second-order valence-electron chi connectivity index (χ2n) is 4.92. The average molecular weight is 213 g/mol. The molecular weight excluding hydrogens is 190 g/mol. The molecule has 1 aliphatic rings. The second kappa shape index (κ2) is 5.08. The lowest BCUT2D eigenvalue weighted by Gasteiger charge is -2.34. The zero-order valence-corrected chi connectivity index (χ0v) is 10.4. The molecule has 0 bridgehead atoms. The van der Waals surface area contributed by atoms with Gasteiger partial charge in [-0.15, -0.1) is 0 Å². The number of carbonyl (C=O) groups excluding carboxylic acids is 1. The molecule has 0 aliphatic heterocycles. The van der Waals surface area contributed by atoms with Crippen LogP contribution in [-0.4, -0.2) is 43.0 Å². The summed E-state index contributed by atoms with van der Waals surface area (Å²) in [5.74, 6) is 0.249. The second-order valence-corrected chi connectivity index (χ2v) is 4.92. The van der Waals surface area contributed by atoms with Gasteiger partial charge in [0.1, 0.15) is 6.61 Å². The molecule has 15 heavy (non-hydrogen) atoms. The van der Waals surface area contributed by atoms with Crippen LogP contribution in [0.5, 0.6) is 0 Å². The number of nitrogens with zero attached hydrogens (tertiary/aromatic N) is 1. The summed E-state index contributed by atoms with van der Waals surface area (Å²) in [7, 11) is 4.00. The largest absolute Gasteiger partial charge is 0.371 e. The molecule has 0 N–H and O–H groups in total. The summed E-state index contributed by atoms with van der Waals surface area (Å²) in [6.45, 7) is 4.18. The van der Waals surface area contributed by atoms with Crippen LogP contribution >= 0.6 is 0 Å². The highest BCUT2D eigenvalue weighted by atomic mass is 16.5. The summed E-state index contributed by atoms with van der Waals surface area (Å²) in [5.41, 5.74) is -0.241. The molecule has 88 valence electrons. The first-order chi connectivity index (χ1) is 6.99. The van der Waals surface area contributed by atoms with Crippen LogP contribution in [0.4, 0.5) is 0 Å². The number of ether oxygens (including phenoxy) is 1. The molecule has 0 aromatic rings. The molecule has 0 atom stereocenters. The highest BCUT2D eigenvalue weighted by Gasteiger charge is 2.42. The van der Waals surface area contributed by atoms with E-state index in [0.717, 1.165) is 25.7 Å². The molecule has 0 amide bonds. The molecule has 1 rings (SSSR count). The normalized spacial score (nSPS) is 20.1. The first-order valence-corrected chi connectivity index (χ1v) is 5.81. The zero-order chi connectivity index (χ0) is 11.5. The van der Waals surface area contributed by atoms with Crippen LogP contribution in [0, 0.1) is 0 Å². The molecule has 0 aromatic heterocycles. The van der Waals surface area contributed by atoms with Gasteiger partial charge in [-0.25, -0.2) is 0 Å². The molecule has 0 spiro atoms. The van der Waals surface area contributed by atoms with E-state index in [2.05, 4.69) is 4.90 Å². The summed E-state index contributed by atoms with van der Waals surface area (Å²) in [4.78, 5) is 14.2. The van der Waals surface area contributed by atoms with Crippen molar-refractivity contribution in [3.63, 3.8) is 0 Å². The van der Waals surface area contributed by atoms with Crippen LogP contribution in [0.25, 0.3) is 0 Å². The van der Waals surface area contributed by atoms with E-state index in [1.165, 1.54) is 0 Å². The number of likely N-dealkylation sites (N-methyl/N-ethyl adjacent to an activating group) is 1. The third-order valence-corrected chi connectivity index (χ3v) is 3.35. The van der Waals surface area contributed by atoms with Crippen molar-refractivity contribution in [2.75, 3.05) is 20.7 Å². The van der Waals surface area contributed by atoms with Crippen LogP contribution in [0.15, 0.2) is 0 Å². The summed E-state index contributed by atoms with van der Waals surface area (Å²) in [5, 5.41) is 0. The van der Waals surface area contributed by atoms with Crippen molar-refractivity contribution in [1.29, 1.82) is 0 Å². The zero-order valence-electron chi connectivity index (χ0n) is 10.4. The van der Waals surface area contributed by atoms with Crippen molar-refractivity contribution >= 4 is 5.78 Å². The van der Waals surface area contributed by atoms with E-state index in [0.29, 0.717) is 0 Å². The van der Waals surface area contributed by atoms with E-state index >= 15 is 0 Å². The number of carbonyl (C=O) groups is 1. The third-order valence-electron chi connectivity index (χ3n) is 3.35. The van der Waals surface area contributed by atoms with Gasteiger partial charge in [-0.3, -0.25) is 9.69 Å². The monoisotopic (exact) mass is 213 g/mol. The lowest BCUT2D eigenvalue weighted by atomic mass is 9.91. The van der Waals surface area contributed by atoms with Crippen molar-refractivity contribution in [2.24, 2.45) is 0 Å². The Morgan fingerprint density at radius 1 is 1.33 bits per heavy atom. The van der Waals surface area contributed by atoms with Gasteiger partial charge in [-0.05, 0) is 40.8 Å². The van der Waals surface area contributed by atoms with Gasteiger partial charge in [0.25, 0.3) is 0 Å². The minimum Gasteiger partial charge on any atom is -0.371 e. The first-order valence-electron chi connectivity index (χ1n) is 5.81. The first kappa shape index (κ1) is 12.7. The Kier molecular flexibility index (Phi) is 4.29. The molecule has 0 unspecified atom stereocenters. The lowest BCUT2D eigenvalue weighted by Crippen LogP contribution is -2.50. The van der Waals surface area contributed by atoms with E-state index in [-0.39, 0.29) is 24.0 Å². The maximum atomic E-state index is 12.1. The minimum atomic E-state index is -0.241. The van der Waals surface area contributed by atoms with Crippen molar-refractivity contribution in [3.8, 4) is 0 Å². The smallest absolute Gasteiger partial charge is 0.178 e. The van der Waals surface area contributed by atoms with Gasteiger partial charge in [0, 0.05) is 0 Å². The van der Waals surface area contributed by atoms with Gasteiger partial charge in [-0.1, -0.05) is 12.8 Å². The number of rotatable bonds is 5. The molecule has 0 aromatic carbocycles. The molecule has 3 nitrogen and oxygen atoms in total. The van der Waals surface area contributed by atoms with Gasteiger partial charge in [-0.2, -0.15) is 0 Å². The highest BCUT2D eigenvalue weighted by molar-refractivity contribution is 5.89. The molecule has 1 fully saturated rings. The van der Waals surface area contributed by atoms with Crippen LogP contribution in [0.3, 0.4) is 0 Å². The number of hydrogen-bond donors (Lipinski definition) is 0. The molecular formula is C12H23NO2. The van der Waals surface area contributed by atoms with Crippen LogP contribution in [-0.2, 0) is 9.53 Å². The van der Waals surface area contributed by atoms with Gasteiger partial charge in [0.05, 0.1) is 11.6 Å². The van der Waals surface area contributed by atoms with Crippen molar-refractivity contribution in [3.05, 3.63) is 0 Å². The maximum Gasteiger partial charge on any atom is 0.178 e. The molecule has 3 heteroatoms. The topological polar surface area (TPSA) is 29.5 Å². The standard InChI is InChI=1S/C12H23NO2/c1-10(2)15-9-11(14)12(13(3)4)7-5-6-8-12/h10H,5-9H2,1-4H3. The van der Waals surface area contributed by atoms with E-state index in [1.54, 1.807) is 0 Å². The van der Waals surface area contributed by atoms with E-state index in [1.807, 2.05) is 27.9 Å². The Morgan fingerprint density at radius 3 is 2.27 bits per heavy atom. The van der Waals surface area contributed by atoms with Gasteiger partial charge < -0.3 is 4.74 Å². The van der Waals surface area contributed by atoms with Crippen molar-refractivity contribution < 1.29 is 9.53 Å². The maximum absolute atomic E-state index is 12.1. The van der Waals surface area contributed by atoms with E-state index < -0.39 is 0 Å². The van der Waals surface area contributed by atoms with Crippen molar-refractivity contribution in [1.82, 2.24) is 4.90 Å². The Bertz CT molecular complexity index is 218. The number of ketones is 1. The molecule has 1 aliphatic carbocycles. The fraction of sp³-hybridized carbons (Fsp3) is 0.917. The SMILES string of the molecule is CC(C)OCC(=O)C1(N(C)C)CCCC1. The van der Waals surface area contributed by atoms with E-state index in [9.17, 15) is 4.79 Å². The number of hydrogen-bond acceptors (Lipinski definition) is 3. The molecule has 0 heterocycles. The Labute approximate surface area is 92.8 Å². The molecule has 1 saturated carbocycles. The molecule has 0 radical (unpaired) electrons. The summed E-state index contributed by atoms with van der Waals surface area (Å²) < 4.78 is 5.42. The Hall–Kier alpha value is -0.410. The average Bonchev–Trinajstić information content (AvgIpc) is 2.63. The quantitative estimate of drug-likeness (QED) is 0.698. The summed E-state index contributed by atoms with van der Waals surface area (Å²) in [6.07, 6.45) is 4.42. The van der Waals surface area contributed by atoms with Crippen LogP contribution in [0.1, 0.15) is 39.5 Å². The van der Waals surface area contributed by atoms with Gasteiger partial charge >= 0.3 is 0 Å². The highest BCUT2D eigenvalue weighted by Crippen LogP contribution is 2.34. The summed E-state index contributed by atoms with van der Waals surface area (Å²) in [6, 6.07) is 0. The van der Waals surface area contributed by atoms with Crippen LogP contribution < -0.4 is 0 Å². The van der Waals surface area contributed by atoms with Gasteiger partial charge in [0.15, 0.2) is 5.78 Å². The Balaban J connectivity index is 2.60.